The van der Waals surface area contributed by atoms with Crippen molar-refractivity contribution in [1.29, 1.82) is 0 Å². The van der Waals surface area contributed by atoms with Gasteiger partial charge in [0.2, 0.25) is 0 Å². The van der Waals surface area contributed by atoms with Crippen molar-refractivity contribution >= 4 is 5.78 Å². The number of carbonyl (C=O) groups is 1. The lowest BCUT2D eigenvalue weighted by atomic mass is 9.85. The molecule has 2 aliphatic rings. The Balaban J connectivity index is 2.29. The molecule has 2 fully saturated rings. The second kappa shape index (κ2) is 2.37. The zero-order valence-electron chi connectivity index (χ0n) is 8.37. The van der Waals surface area contributed by atoms with E-state index in [1.54, 1.807) is 0 Å². The van der Waals surface area contributed by atoms with Crippen LogP contribution in [0, 0.1) is 23.2 Å². The fourth-order valence-electron chi connectivity index (χ4n) is 2.83. The van der Waals surface area contributed by atoms with E-state index in [-0.39, 0.29) is 23.0 Å². The first kappa shape index (κ1) is 8.79. The van der Waals surface area contributed by atoms with Gasteiger partial charge >= 0.3 is 0 Å². The van der Waals surface area contributed by atoms with E-state index in [4.69, 9.17) is 5.11 Å². The topological polar surface area (TPSA) is 37.3 Å². The molecule has 1 N–H and O–H groups in total. The molecule has 2 heteroatoms. The maximum Gasteiger partial charge on any atom is 0.166 e. The molecule has 0 aromatic rings. The van der Waals surface area contributed by atoms with Crippen molar-refractivity contribution in [1.82, 2.24) is 0 Å². The molecule has 2 aliphatic carbocycles. The number of aliphatic hydroxyl groups excluding tert-OH is 1. The number of hydrogen-bond acceptors (Lipinski definition) is 2. The molecule has 13 heavy (non-hydrogen) atoms. The molecule has 0 bridgehead atoms. The molecule has 3 atom stereocenters. The summed E-state index contributed by atoms with van der Waals surface area (Å²) < 4.78 is 0. The van der Waals surface area contributed by atoms with E-state index < -0.39 is 0 Å². The van der Waals surface area contributed by atoms with Crippen molar-refractivity contribution < 1.29 is 9.90 Å². The Morgan fingerprint density at radius 3 is 2.69 bits per heavy atom. The second-order valence-electron chi connectivity index (χ2n) is 4.99. The largest absolute Gasteiger partial charge is 0.515 e. The SMILES string of the molecule is C[C@@H]1C[C@H]2[C@@H](C(=O)/C1=C\O)C2(C)C. The summed E-state index contributed by atoms with van der Waals surface area (Å²) in [4.78, 5) is 11.8. The highest BCUT2D eigenvalue weighted by molar-refractivity contribution is 6.01. The molecule has 0 heterocycles. The van der Waals surface area contributed by atoms with E-state index in [9.17, 15) is 4.79 Å². The van der Waals surface area contributed by atoms with Gasteiger partial charge in [0.15, 0.2) is 5.78 Å². The monoisotopic (exact) mass is 180 g/mol. The molecule has 0 unspecified atom stereocenters. The number of Topliss-reactive ketones (excluding diaryl/α,β-unsaturated/α-hetero) is 1. The second-order valence-corrected chi connectivity index (χ2v) is 4.99. The Morgan fingerprint density at radius 1 is 1.54 bits per heavy atom. The van der Waals surface area contributed by atoms with Gasteiger partial charge in [-0.1, -0.05) is 20.8 Å². The molecule has 0 radical (unpaired) electrons. The Hall–Kier alpha value is -0.790. The lowest BCUT2D eigenvalue weighted by Gasteiger charge is -2.18. The highest BCUT2D eigenvalue weighted by Gasteiger charge is 2.64. The summed E-state index contributed by atoms with van der Waals surface area (Å²) in [6.07, 6.45) is 2.06. The van der Waals surface area contributed by atoms with Crippen LogP contribution in [0.15, 0.2) is 11.8 Å². The van der Waals surface area contributed by atoms with E-state index in [0.717, 1.165) is 12.7 Å². The number of rotatable bonds is 0. The lowest BCUT2D eigenvalue weighted by molar-refractivity contribution is -0.118. The summed E-state index contributed by atoms with van der Waals surface area (Å²) >= 11 is 0. The first-order chi connectivity index (χ1) is 6.00. The van der Waals surface area contributed by atoms with E-state index in [0.29, 0.717) is 11.5 Å². The zero-order valence-corrected chi connectivity index (χ0v) is 8.37. The van der Waals surface area contributed by atoms with Gasteiger partial charge in [-0.05, 0) is 23.7 Å². The third kappa shape index (κ3) is 0.976. The Morgan fingerprint density at radius 2 is 2.15 bits per heavy atom. The summed E-state index contributed by atoms with van der Waals surface area (Å²) in [5, 5.41) is 8.96. The average Bonchev–Trinajstić information content (AvgIpc) is 2.54. The number of hydrogen-bond donors (Lipinski definition) is 1. The van der Waals surface area contributed by atoms with Gasteiger partial charge in [-0.25, -0.2) is 0 Å². The van der Waals surface area contributed by atoms with Crippen molar-refractivity contribution in [3.63, 3.8) is 0 Å². The van der Waals surface area contributed by atoms with Crippen LogP contribution in [0.1, 0.15) is 27.2 Å². The highest BCUT2D eigenvalue weighted by Crippen LogP contribution is 2.65. The fourth-order valence-corrected chi connectivity index (χ4v) is 2.83. The maximum absolute atomic E-state index is 11.8. The predicted molar refractivity (Wildman–Crippen MR) is 50.3 cm³/mol. The van der Waals surface area contributed by atoms with E-state index >= 15 is 0 Å². The molecule has 2 nitrogen and oxygen atoms in total. The zero-order chi connectivity index (χ0) is 9.80. The number of carbonyl (C=O) groups excluding carboxylic acids is 1. The van der Waals surface area contributed by atoms with Gasteiger partial charge in [0.1, 0.15) is 0 Å². The molecule has 0 aliphatic heterocycles. The molecule has 0 aromatic carbocycles. The van der Waals surface area contributed by atoms with Crippen molar-refractivity contribution in [2.75, 3.05) is 0 Å². The van der Waals surface area contributed by atoms with E-state index in [2.05, 4.69) is 13.8 Å². The number of fused-ring (bicyclic) bond motifs is 1. The Labute approximate surface area is 78.6 Å². The third-order valence-electron chi connectivity index (χ3n) is 3.89. The van der Waals surface area contributed by atoms with Crippen LogP contribution in [0.5, 0.6) is 0 Å². The minimum Gasteiger partial charge on any atom is -0.515 e. The summed E-state index contributed by atoms with van der Waals surface area (Å²) in [5.74, 6) is 1.15. The molecule has 0 spiro atoms. The first-order valence-electron chi connectivity index (χ1n) is 4.88. The van der Waals surface area contributed by atoms with Crippen molar-refractivity contribution in [3.05, 3.63) is 11.8 Å². The number of aliphatic hydroxyl groups is 1. The number of ketones is 1. The third-order valence-corrected chi connectivity index (χ3v) is 3.89. The summed E-state index contributed by atoms with van der Waals surface area (Å²) in [5.41, 5.74) is 0.808. The molecule has 2 saturated carbocycles. The molecule has 2 rings (SSSR count). The predicted octanol–water partition coefficient (Wildman–Crippen LogP) is 2.31. The minimum absolute atomic E-state index is 0.177. The van der Waals surface area contributed by atoms with Crippen LogP contribution in [0.4, 0.5) is 0 Å². The first-order valence-corrected chi connectivity index (χ1v) is 4.88. The van der Waals surface area contributed by atoms with Crippen molar-refractivity contribution in [2.24, 2.45) is 23.2 Å². The molecular formula is C11H16O2. The van der Waals surface area contributed by atoms with Crippen molar-refractivity contribution in [2.45, 2.75) is 27.2 Å². The van der Waals surface area contributed by atoms with Crippen LogP contribution in [0.3, 0.4) is 0 Å². The van der Waals surface area contributed by atoms with E-state index in [1.165, 1.54) is 0 Å². The highest BCUT2D eigenvalue weighted by atomic mass is 16.2. The summed E-state index contributed by atoms with van der Waals surface area (Å²) in [6, 6.07) is 0. The normalized spacial score (nSPS) is 44.7. The van der Waals surface area contributed by atoms with Crippen molar-refractivity contribution in [3.8, 4) is 0 Å². The van der Waals surface area contributed by atoms with Crippen LogP contribution >= 0.6 is 0 Å². The molecule has 0 saturated heterocycles. The quantitative estimate of drug-likeness (QED) is 0.459. The Kier molecular flexibility index (Phi) is 1.60. The van der Waals surface area contributed by atoms with E-state index in [1.807, 2.05) is 6.92 Å². The number of allylic oxidation sites excluding steroid dienone is 1. The van der Waals surface area contributed by atoms with Gasteiger partial charge in [0.05, 0.1) is 6.26 Å². The molecule has 0 amide bonds. The van der Waals surface area contributed by atoms with Gasteiger partial charge in [-0.15, -0.1) is 0 Å². The minimum atomic E-state index is 0.177. The standard InChI is InChI=1S/C11H16O2/c1-6-4-8-9(11(8,2)3)10(13)7(6)5-12/h5-6,8-9,12H,4H2,1-3H3/b7-5-/t6-,8+,9+/m1/s1. The fraction of sp³-hybridized carbons (Fsp3) is 0.727. The Bertz CT molecular complexity index is 288. The van der Waals surface area contributed by atoms with Gasteiger partial charge in [0, 0.05) is 11.5 Å². The smallest absolute Gasteiger partial charge is 0.166 e. The van der Waals surface area contributed by atoms with Gasteiger partial charge in [0.25, 0.3) is 0 Å². The van der Waals surface area contributed by atoms with Crippen LogP contribution in [0.25, 0.3) is 0 Å². The van der Waals surface area contributed by atoms with Crippen LogP contribution in [-0.4, -0.2) is 10.9 Å². The summed E-state index contributed by atoms with van der Waals surface area (Å²) in [7, 11) is 0. The van der Waals surface area contributed by atoms with Crippen LogP contribution in [-0.2, 0) is 4.79 Å². The van der Waals surface area contributed by atoms with Crippen LogP contribution < -0.4 is 0 Å². The molecular weight excluding hydrogens is 164 g/mol. The van der Waals surface area contributed by atoms with Gasteiger partial charge < -0.3 is 5.11 Å². The average molecular weight is 180 g/mol. The van der Waals surface area contributed by atoms with Crippen LogP contribution in [0.2, 0.25) is 0 Å². The maximum atomic E-state index is 11.8. The lowest BCUT2D eigenvalue weighted by Crippen LogP contribution is -2.19. The molecule has 72 valence electrons. The van der Waals surface area contributed by atoms with Gasteiger partial charge in [-0.2, -0.15) is 0 Å². The summed E-state index contributed by atoms with van der Waals surface area (Å²) in [6.45, 7) is 6.31. The van der Waals surface area contributed by atoms with Gasteiger partial charge in [-0.3, -0.25) is 4.79 Å². The molecule has 0 aromatic heterocycles.